The van der Waals surface area contributed by atoms with E-state index in [1.54, 1.807) is 14.2 Å². The van der Waals surface area contributed by atoms with Crippen molar-refractivity contribution in [1.82, 2.24) is 10.6 Å². The van der Waals surface area contributed by atoms with Crippen LogP contribution in [-0.2, 0) is 16.0 Å². The number of methoxy groups -OCH3 is 2. The summed E-state index contributed by atoms with van der Waals surface area (Å²) in [5.41, 5.74) is 1.08. The van der Waals surface area contributed by atoms with Gasteiger partial charge in [-0.25, -0.2) is 0 Å². The summed E-state index contributed by atoms with van der Waals surface area (Å²) in [5.74, 6) is 1.32. The molecule has 7 heteroatoms. The van der Waals surface area contributed by atoms with E-state index in [-0.39, 0.29) is 24.4 Å². The van der Waals surface area contributed by atoms with E-state index < -0.39 is 6.10 Å². The Hall–Kier alpha value is -1.50. The number of carbonyl (C=O) groups is 1. The molecular weight excluding hydrogens is 320 g/mol. The lowest BCUT2D eigenvalue weighted by atomic mass is 10.1. The molecule has 0 bridgehead atoms. The molecule has 0 aromatic heterocycles. The molecule has 1 aliphatic rings. The van der Waals surface area contributed by atoms with Gasteiger partial charge in [0.05, 0.1) is 20.8 Å². The highest BCUT2D eigenvalue weighted by atomic mass is 35.5. The fourth-order valence-corrected chi connectivity index (χ4v) is 2.48. The van der Waals surface area contributed by atoms with Crippen LogP contribution in [0.3, 0.4) is 0 Å². The Balaban J connectivity index is 0.00000264. The Morgan fingerprint density at radius 2 is 2.13 bits per heavy atom. The Kier molecular flexibility index (Phi) is 8.16. The van der Waals surface area contributed by atoms with Crippen molar-refractivity contribution in [2.75, 3.05) is 33.9 Å². The number of morpholine rings is 1. The van der Waals surface area contributed by atoms with Gasteiger partial charge in [-0.2, -0.15) is 0 Å². The maximum Gasteiger partial charge on any atom is 0.250 e. The number of amides is 1. The summed E-state index contributed by atoms with van der Waals surface area (Å²) in [6.07, 6.45) is 0.313. The lowest BCUT2D eigenvalue weighted by Crippen LogP contribution is -2.50. The molecule has 2 rings (SSSR count). The number of ether oxygens (including phenoxy) is 3. The molecule has 1 aliphatic heterocycles. The number of benzene rings is 1. The van der Waals surface area contributed by atoms with Crippen molar-refractivity contribution in [2.24, 2.45) is 0 Å². The molecule has 2 N–H and O–H groups in total. The second-order valence-electron chi connectivity index (χ2n) is 5.37. The molecule has 0 saturated carbocycles. The Bertz CT molecular complexity index is 507. The maximum absolute atomic E-state index is 12.1. The van der Waals surface area contributed by atoms with Gasteiger partial charge >= 0.3 is 0 Å². The minimum absolute atomic E-state index is 0. The summed E-state index contributed by atoms with van der Waals surface area (Å²) in [6, 6.07) is 5.79. The number of rotatable bonds is 6. The van der Waals surface area contributed by atoms with E-state index in [9.17, 15) is 4.79 Å². The van der Waals surface area contributed by atoms with Crippen molar-refractivity contribution in [1.29, 1.82) is 0 Å². The molecule has 2 atom stereocenters. The summed E-state index contributed by atoms with van der Waals surface area (Å²) < 4.78 is 16.0. The molecule has 23 heavy (non-hydrogen) atoms. The van der Waals surface area contributed by atoms with Crippen LogP contribution in [0.2, 0.25) is 0 Å². The quantitative estimate of drug-likeness (QED) is 0.810. The third-order valence-electron chi connectivity index (χ3n) is 3.60. The van der Waals surface area contributed by atoms with Gasteiger partial charge in [-0.1, -0.05) is 6.07 Å². The van der Waals surface area contributed by atoms with E-state index in [2.05, 4.69) is 10.6 Å². The van der Waals surface area contributed by atoms with E-state index in [0.29, 0.717) is 31.1 Å². The molecule has 1 aromatic carbocycles. The van der Waals surface area contributed by atoms with Gasteiger partial charge in [-0.3, -0.25) is 4.79 Å². The standard InChI is InChI=1S/C16H24N2O4.ClH/c1-11(18-16(19)15-10-17-6-7-22-15)8-12-4-5-13(20-2)14(9-12)21-3;/h4-5,9,11,15,17H,6-8,10H2,1-3H3,(H,18,19);1H. The van der Waals surface area contributed by atoms with Crippen LogP contribution in [0.4, 0.5) is 0 Å². The van der Waals surface area contributed by atoms with Gasteiger partial charge in [0.2, 0.25) is 0 Å². The molecular formula is C16H25ClN2O4. The molecule has 0 aliphatic carbocycles. The van der Waals surface area contributed by atoms with Crippen molar-refractivity contribution in [3.63, 3.8) is 0 Å². The number of carbonyl (C=O) groups excluding carboxylic acids is 1. The van der Waals surface area contributed by atoms with Crippen molar-refractivity contribution in [3.05, 3.63) is 23.8 Å². The van der Waals surface area contributed by atoms with Crippen molar-refractivity contribution in [3.8, 4) is 11.5 Å². The summed E-state index contributed by atoms with van der Waals surface area (Å²) in [5, 5.41) is 6.14. The minimum atomic E-state index is -0.401. The lowest BCUT2D eigenvalue weighted by molar-refractivity contribution is -0.134. The van der Waals surface area contributed by atoms with E-state index in [1.807, 2.05) is 25.1 Å². The second kappa shape index (κ2) is 9.60. The summed E-state index contributed by atoms with van der Waals surface area (Å²) in [4.78, 5) is 12.1. The smallest absolute Gasteiger partial charge is 0.250 e. The van der Waals surface area contributed by atoms with Crippen LogP contribution >= 0.6 is 12.4 Å². The Morgan fingerprint density at radius 3 is 2.74 bits per heavy atom. The van der Waals surface area contributed by atoms with Gasteiger partial charge in [0.1, 0.15) is 6.10 Å². The predicted molar refractivity (Wildman–Crippen MR) is 90.7 cm³/mol. The zero-order chi connectivity index (χ0) is 15.9. The highest BCUT2D eigenvalue weighted by Gasteiger charge is 2.22. The number of hydrogen-bond acceptors (Lipinski definition) is 5. The average molecular weight is 345 g/mol. The summed E-state index contributed by atoms with van der Waals surface area (Å²) in [6.45, 7) is 3.91. The molecule has 1 amide bonds. The number of nitrogens with one attached hydrogen (secondary N) is 2. The van der Waals surface area contributed by atoms with E-state index in [1.165, 1.54) is 0 Å². The van der Waals surface area contributed by atoms with Gasteiger partial charge < -0.3 is 24.8 Å². The normalized spacial score (nSPS) is 18.5. The zero-order valence-electron chi connectivity index (χ0n) is 13.8. The first kappa shape index (κ1) is 19.5. The van der Waals surface area contributed by atoms with E-state index in [0.717, 1.165) is 12.1 Å². The molecule has 1 aromatic rings. The maximum atomic E-state index is 12.1. The fraction of sp³-hybridized carbons (Fsp3) is 0.562. The monoisotopic (exact) mass is 344 g/mol. The van der Waals surface area contributed by atoms with Gasteiger partial charge in [0, 0.05) is 19.1 Å². The Morgan fingerprint density at radius 1 is 1.39 bits per heavy atom. The first-order valence-electron chi connectivity index (χ1n) is 7.47. The number of hydrogen-bond donors (Lipinski definition) is 2. The predicted octanol–water partition coefficient (Wildman–Crippen LogP) is 1.16. The number of halogens is 1. The lowest BCUT2D eigenvalue weighted by Gasteiger charge is -2.24. The van der Waals surface area contributed by atoms with Crippen LogP contribution in [0, 0.1) is 0 Å². The molecule has 1 fully saturated rings. The van der Waals surface area contributed by atoms with Crippen LogP contribution < -0.4 is 20.1 Å². The molecule has 1 saturated heterocycles. The summed E-state index contributed by atoms with van der Waals surface area (Å²) >= 11 is 0. The van der Waals surface area contributed by atoms with Gasteiger partial charge in [-0.15, -0.1) is 12.4 Å². The molecule has 0 radical (unpaired) electrons. The van der Waals surface area contributed by atoms with Gasteiger partial charge in [0.15, 0.2) is 11.5 Å². The third kappa shape index (κ3) is 5.57. The van der Waals surface area contributed by atoms with Crippen LogP contribution in [0.15, 0.2) is 18.2 Å². The van der Waals surface area contributed by atoms with Crippen molar-refractivity contribution < 1.29 is 19.0 Å². The van der Waals surface area contributed by atoms with Gasteiger partial charge in [0.25, 0.3) is 5.91 Å². The third-order valence-corrected chi connectivity index (χ3v) is 3.60. The topological polar surface area (TPSA) is 68.8 Å². The largest absolute Gasteiger partial charge is 0.493 e. The van der Waals surface area contributed by atoms with Gasteiger partial charge in [-0.05, 0) is 31.0 Å². The SMILES string of the molecule is COc1ccc(CC(C)NC(=O)C2CNCCO2)cc1OC.Cl. The molecule has 2 unspecified atom stereocenters. The minimum Gasteiger partial charge on any atom is -0.493 e. The summed E-state index contributed by atoms with van der Waals surface area (Å²) in [7, 11) is 3.22. The van der Waals surface area contributed by atoms with Crippen LogP contribution in [0.5, 0.6) is 11.5 Å². The average Bonchev–Trinajstić information content (AvgIpc) is 2.55. The highest BCUT2D eigenvalue weighted by Crippen LogP contribution is 2.27. The fourth-order valence-electron chi connectivity index (χ4n) is 2.48. The Labute approximate surface area is 143 Å². The van der Waals surface area contributed by atoms with Crippen LogP contribution in [-0.4, -0.2) is 52.0 Å². The van der Waals surface area contributed by atoms with Crippen molar-refractivity contribution >= 4 is 18.3 Å². The van der Waals surface area contributed by atoms with E-state index in [4.69, 9.17) is 14.2 Å². The first-order valence-corrected chi connectivity index (χ1v) is 7.47. The molecule has 1 heterocycles. The molecule has 6 nitrogen and oxygen atoms in total. The zero-order valence-corrected chi connectivity index (χ0v) is 14.6. The van der Waals surface area contributed by atoms with Crippen LogP contribution in [0.25, 0.3) is 0 Å². The highest BCUT2D eigenvalue weighted by molar-refractivity contribution is 5.85. The van der Waals surface area contributed by atoms with Crippen molar-refractivity contribution in [2.45, 2.75) is 25.5 Å². The molecule has 130 valence electrons. The first-order chi connectivity index (χ1) is 10.6. The second-order valence-corrected chi connectivity index (χ2v) is 5.37. The van der Waals surface area contributed by atoms with E-state index >= 15 is 0 Å². The van der Waals surface area contributed by atoms with Crippen LogP contribution in [0.1, 0.15) is 12.5 Å². The molecule has 0 spiro atoms.